The lowest BCUT2D eigenvalue weighted by Crippen LogP contribution is -2.08. The highest BCUT2D eigenvalue weighted by Gasteiger charge is 2.35. The second-order valence-corrected chi connectivity index (χ2v) is 4.60. The lowest BCUT2D eigenvalue weighted by atomic mass is 10.0. The van der Waals surface area contributed by atoms with E-state index in [1.54, 1.807) is 10.8 Å². The summed E-state index contributed by atoms with van der Waals surface area (Å²) in [6.07, 6.45) is 6.54. The average Bonchev–Trinajstić information content (AvgIpc) is 3.02. The zero-order valence-electron chi connectivity index (χ0n) is 11.9. The highest BCUT2D eigenvalue weighted by Crippen LogP contribution is 2.39. The Morgan fingerprint density at radius 1 is 1.67 bits per heavy atom. The Morgan fingerprint density at radius 3 is 3.14 bits per heavy atom. The van der Waals surface area contributed by atoms with Crippen LogP contribution in [0.4, 0.5) is 4.39 Å². The SMILES string of the molecule is C=C/C(=C\C=C/C)C1CC(F)c2nc(COCC#N)nn21. The molecule has 2 unspecified atom stereocenters. The van der Waals surface area contributed by atoms with Crippen LogP contribution in [0.3, 0.4) is 0 Å². The van der Waals surface area contributed by atoms with Gasteiger partial charge in [-0.05, 0) is 12.5 Å². The van der Waals surface area contributed by atoms with Crippen LogP contribution in [-0.2, 0) is 11.3 Å². The lowest BCUT2D eigenvalue weighted by molar-refractivity contribution is 0.145. The van der Waals surface area contributed by atoms with Gasteiger partial charge in [0.25, 0.3) is 0 Å². The maximum Gasteiger partial charge on any atom is 0.176 e. The van der Waals surface area contributed by atoms with Gasteiger partial charge in [-0.3, -0.25) is 0 Å². The fourth-order valence-corrected chi connectivity index (χ4v) is 2.27. The predicted molar refractivity (Wildman–Crippen MR) is 75.9 cm³/mol. The first kappa shape index (κ1) is 15.1. The second kappa shape index (κ2) is 6.95. The van der Waals surface area contributed by atoms with Gasteiger partial charge in [-0.15, -0.1) is 0 Å². The first-order valence-corrected chi connectivity index (χ1v) is 6.70. The minimum absolute atomic E-state index is 0.0362. The van der Waals surface area contributed by atoms with Gasteiger partial charge in [0.2, 0.25) is 0 Å². The summed E-state index contributed by atoms with van der Waals surface area (Å²) in [6.45, 7) is 5.76. The number of halogens is 1. The molecule has 2 atom stereocenters. The summed E-state index contributed by atoms with van der Waals surface area (Å²) in [4.78, 5) is 4.15. The van der Waals surface area contributed by atoms with Gasteiger partial charge < -0.3 is 4.74 Å². The van der Waals surface area contributed by atoms with Crippen LogP contribution < -0.4 is 0 Å². The molecule has 0 spiro atoms. The smallest absolute Gasteiger partial charge is 0.176 e. The lowest BCUT2D eigenvalue weighted by Gasteiger charge is -2.12. The third-order valence-corrected chi connectivity index (χ3v) is 3.21. The van der Waals surface area contributed by atoms with Gasteiger partial charge in [-0.1, -0.05) is 30.9 Å². The van der Waals surface area contributed by atoms with Crippen molar-refractivity contribution in [2.45, 2.75) is 32.2 Å². The van der Waals surface area contributed by atoms with Crippen LogP contribution in [0.25, 0.3) is 0 Å². The number of hydrogen-bond acceptors (Lipinski definition) is 4. The Hall–Kier alpha value is -2.26. The minimum Gasteiger partial charge on any atom is -0.358 e. The molecule has 1 aliphatic rings. The molecule has 0 fully saturated rings. The van der Waals surface area contributed by atoms with Crippen LogP contribution in [0, 0.1) is 11.3 Å². The Labute approximate surface area is 123 Å². The number of fused-ring (bicyclic) bond motifs is 1. The van der Waals surface area contributed by atoms with Gasteiger partial charge in [0, 0.05) is 6.42 Å². The molecule has 0 N–H and O–H groups in total. The molecule has 0 saturated heterocycles. The van der Waals surface area contributed by atoms with Gasteiger partial charge in [0.1, 0.15) is 13.2 Å². The number of nitrogens with zero attached hydrogens (tertiary/aromatic N) is 4. The number of alkyl halides is 1. The molecule has 2 heterocycles. The number of ether oxygens (including phenoxy) is 1. The molecule has 110 valence electrons. The maximum absolute atomic E-state index is 14.1. The van der Waals surface area contributed by atoms with Crippen LogP contribution in [-0.4, -0.2) is 21.4 Å². The first-order chi connectivity index (χ1) is 10.2. The van der Waals surface area contributed by atoms with Crippen molar-refractivity contribution in [2.24, 2.45) is 0 Å². The third-order valence-electron chi connectivity index (χ3n) is 3.21. The molecule has 5 nitrogen and oxygen atoms in total. The van der Waals surface area contributed by atoms with Crippen molar-refractivity contribution in [3.05, 3.63) is 48.1 Å². The summed E-state index contributed by atoms with van der Waals surface area (Å²) in [5.41, 5.74) is 0.892. The summed E-state index contributed by atoms with van der Waals surface area (Å²) < 4.78 is 20.7. The van der Waals surface area contributed by atoms with E-state index in [1.807, 2.05) is 31.2 Å². The molecular formula is C15H17FN4O. The normalized spacial score (nSPS) is 21.5. The van der Waals surface area contributed by atoms with Crippen molar-refractivity contribution in [3.8, 4) is 6.07 Å². The van der Waals surface area contributed by atoms with Gasteiger partial charge in [-0.2, -0.15) is 10.4 Å². The molecule has 6 heteroatoms. The van der Waals surface area contributed by atoms with E-state index in [1.165, 1.54) is 0 Å². The van der Waals surface area contributed by atoms with E-state index < -0.39 is 6.17 Å². The molecule has 0 aromatic carbocycles. The Balaban J connectivity index is 2.23. The van der Waals surface area contributed by atoms with E-state index in [0.29, 0.717) is 18.1 Å². The van der Waals surface area contributed by atoms with E-state index in [4.69, 9.17) is 10.00 Å². The fraction of sp³-hybridized carbons (Fsp3) is 0.400. The molecule has 1 aromatic rings. The number of hydrogen-bond donors (Lipinski definition) is 0. The molecule has 1 aromatic heterocycles. The molecule has 0 saturated carbocycles. The second-order valence-electron chi connectivity index (χ2n) is 4.60. The van der Waals surface area contributed by atoms with Gasteiger partial charge >= 0.3 is 0 Å². The number of aromatic nitrogens is 3. The van der Waals surface area contributed by atoms with Crippen LogP contribution in [0.1, 0.15) is 37.2 Å². The monoisotopic (exact) mass is 288 g/mol. The predicted octanol–water partition coefficient (Wildman–Crippen LogP) is 2.96. The topological polar surface area (TPSA) is 63.7 Å². The van der Waals surface area contributed by atoms with Crippen LogP contribution >= 0.6 is 0 Å². The molecule has 0 aliphatic carbocycles. The molecule has 2 rings (SSSR count). The van der Waals surface area contributed by atoms with E-state index in [9.17, 15) is 4.39 Å². The fourth-order valence-electron chi connectivity index (χ4n) is 2.27. The van der Waals surface area contributed by atoms with Crippen molar-refractivity contribution in [2.75, 3.05) is 6.61 Å². The summed E-state index contributed by atoms with van der Waals surface area (Å²) >= 11 is 0. The first-order valence-electron chi connectivity index (χ1n) is 6.70. The Morgan fingerprint density at radius 2 is 2.48 bits per heavy atom. The zero-order valence-corrected chi connectivity index (χ0v) is 11.9. The van der Waals surface area contributed by atoms with Crippen molar-refractivity contribution >= 4 is 0 Å². The van der Waals surface area contributed by atoms with Crippen LogP contribution in [0.5, 0.6) is 0 Å². The van der Waals surface area contributed by atoms with Gasteiger partial charge in [0.15, 0.2) is 17.8 Å². The number of rotatable bonds is 6. The minimum atomic E-state index is -1.15. The van der Waals surface area contributed by atoms with Gasteiger partial charge in [0.05, 0.1) is 12.1 Å². The molecule has 0 amide bonds. The highest BCUT2D eigenvalue weighted by molar-refractivity contribution is 5.29. The van der Waals surface area contributed by atoms with E-state index in [0.717, 1.165) is 5.57 Å². The Bertz CT molecular complexity index is 612. The largest absolute Gasteiger partial charge is 0.358 e. The van der Waals surface area contributed by atoms with E-state index in [2.05, 4.69) is 16.7 Å². The van der Waals surface area contributed by atoms with Crippen molar-refractivity contribution in [1.82, 2.24) is 14.8 Å². The molecule has 0 bridgehead atoms. The summed E-state index contributed by atoms with van der Waals surface area (Å²) in [7, 11) is 0. The summed E-state index contributed by atoms with van der Waals surface area (Å²) in [6, 6.07) is 1.66. The van der Waals surface area contributed by atoms with Crippen molar-refractivity contribution in [3.63, 3.8) is 0 Å². The number of allylic oxidation sites excluding steroid dienone is 5. The van der Waals surface area contributed by atoms with Crippen molar-refractivity contribution in [1.29, 1.82) is 5.26 Å². The molecule has 1 aliphatic heterocycles. The molecule has 0 radical (unpaired) electrons. The Kier molecular flexibility index (Phi) is 5.01. The average molecular weight is 288 g/mol. The van der Waals surface area contributed by atoms with Crippen LogP contribution in [0.15, 0.2) is 36.5 Å². The van der Waals surface area contributed by atoms with Gasteiger partial charge in [-0.25, -0.2) is 14.1 Å². The summed E-state index contributed by atoms with van der Waals surface area (Å²) in [5.74, 6) is 0.700. The standard InChI is InChI=1S/C15H17FN4O/c1-3-5-6-11(4-2)13-9-12(16)15-18-14(19-20(13)15)10-21-8-7-17/h3-6,12-13H,2,8-10H2,1H3/b5-3-,11-6+. The van der Waals surface area contributed by atoms with Crippen molar-refractivity contribution < 1.29 is 9.13 Å². The zero-order chi connectivity index (χ0) is 15.2. The van der Waals surface area contributed by atoms with E-state index >= 15 is 0 Å². The van der Waals surface area contributed by atoms with E-state index in [-0.39, 0.29) is 19.3 Å². The quantitative estimate of drug-likeness (QED) is 0.596. The van der Waals surface area contributed by atoms with Crippen LogP contribution in [0.2, 0.25) is 0 Å². The highest BCUT2D eigenvalue weighted by atomic mass is 19.1. The number of nitriles is 1. The third kappa shape index (κ3) is 3.26. The summed E-state index contributed by atoms with van der Waals surface area (Å²) in [5, 5.41) is 12.7. The molecular weight excluding hydrogens is 271 g/mol. The molecule has 21 heavy (non-hydrogen) atoms. The maximum atomic E-state index is 14.1.